The van der Waals surface area contributed by atoms with Crippen molar-refractivity contribution in [3.63, 3.8) is 0 Å². The highest BCUT2D eigenvalue weighted by Crippen LogP contribution is 2.20. The van der Waals surface area contributed by atoms with Crippen molar-refractivity contribution in [1.82, 2.24) is 10.2 Å². The number of thioether (sulfide) groups is 1. The van der Waals surface area contributed by atoms with Gasteiger partial charge in [0, 0.05) is 5.69 Å². The first-order chi connectivity index (χ1) is 13.0. The van der Waals surface area contributed by atoms with E-state index in [-0.39, 0.29) is 18.3 Å². The second kappa shape index (κ2) is 8.73. The number of ether oxygens (including phenoxy) is 1. The van der Waals surface area contributed by atoms with E-state index in [0.29, 0.717) is 11.1 Å². The Kier molecular flexibility index (Phi) is 6.13. The lowest BCUT2D eigenvalue weighted by Gasteiger charge is -2.07. The largest absolute Gasteiger partial charge is 0.484 e. The highest BCUT2D eigenvalue weighted by atomic mass is 32.2. The van der Waals surface area contributed by atoms with Crippen LogP contribution in [0.4, 0.5) is 5.69 Å². The lowest BCUT2D eigenvalue weighted by atomic mass is 10.1. The lowest BCUT2D eigenvalue weighted by Crippen LogP contribution is -2.14. The normalized spacial score (nSPS) is 10.6. The maximum atomic E-state index is 12.1. The van der Waals surface area contributed by atoms with Crippen molar-refractivity contribution in [3.8, 4) is 5.75 Å². The number of aryl methyl sites for hydroxylation is 3. The number of benzene rings is 2. The van der Waals surface area contributed by atoms with Crippen molar-refractivity contribution in [1.29, 1.82) is 0 Å². The molecule has 27 heavy (non-hydrogen) atoms. The van der Waals surface area contributed by atoms with E-state index in [1.165, 1.54) is 17.3 Å². The summed E-state index contributed by atoms with van der Waals surface area (Å²) in [5, 5.41) is 11.1. The summed E-state index contributed by atoms with van der Waals surface area (Å²) in [5.74, 6) is 1.21. The second-order valence-electron chi connectivity index (χ2n) is 6.15. The molecule has 1 heterocycles. The SMILES string of the molecule is Cc1ccc(NC(=O)CSc2nnc(COc3ccccc3C)o2)cc1C. The highest BCUT2D eigenvalue weighted by molar-refractivity contribution is 7.99. The first-order valence-electron chi connectivity index (χ1n) is 8.52. The van der Waals surface area contributed by atoms with E-state index < -0.39 is 0 Å². The van der Waals surface area contributed by atoms with Crippen LogP contribution in [0.25, 0.3) is 0 Å². The van der Waals surface area contributed by atoms with Gasteiger partial charge >= 0.3 is 0 Å². The number of amides is 1. The van der Waals surface area contributed by atoms with Gasteiger partial charge in [0.25, 0.3) is 11.1 Å². The van der Waals surface area contributed by atoms with Gasteiger partial charge in [0.05, 0.1) is 5.75 Å². The summed E-state index contributed by atoms with van der Waals surface area (Å²) in [6, 6.07) is 13.5. The van der Waals surface area contributed by atoms with Crippen LogP contribution in [0.2, 0.25) is 0 Å². The van der Waals surface area contributed by atoms with E-state index in [1.54, 1.807) is 0 Å². The molecule has 140 valence electrons. The molecule has 0 fully saturated rings. The van der Waals surface area contributed by atoms with Crippen molar-refractivity contribution >= 4 is 23.4 Å². The van der Waals surface area contributed by atoms with E-state index in [1.807, 2.05) is 63.2 Å². The van der Waals surface area contributed by atoms with Gasteiger partial charge in [0.15, 0.2) is 6.61 Å². The zero-order valence-corrected chi connectivity index (χ0v) is 16.3. The zero-order chi connectivity index (χ0) is 19.2. The first-order valence-corrected chi connectivity index (χ1v) is 9.50. The van der Waals surface area contributed by atoms with E-state index in [4.69, 9.17) is 9.15 Å². The van der Waals surface area contributed by atoms with Crippen LogP contribution >= 0.6 is 11.8 Å². The average Bonchev–Trinajstić information content (AvgIpc) is 3.10. The van der Waals surface area contributed by atoms with Crippen molar-refractivity contribution in [3.05, 3.63) is 65.0 Å². The van der Waals surface area contributed by atoms with Gasteiger partial charge in [-0.3, -0.25) is 4.79 Å². The summed E-state index contributed by atoms with van der Waals surface area (Å²) in [7, 11) is 0. The van der Waals surface area contributed by atoms with Crippen LogP contribution in [-0.4, -0.2) is 21.9 Å². The Morgan fingerprint density at radius 2 is 1.89 bits per heavy atom. The number of nitrogens with one attached hydrogen (secondary N) is 1. The van der Waals surface area contributed by atoms with E-state index in [0.717, 1.165) is 22.6 Å². The van der Waals surface area contributed by atoms with Gasteiger partial charge in [0.2, 0.25) is 5.91 Å². The fourth-order valence-electron chi connectivity index (χ4n) is 2.36. The maximum Gasteiger partial charge on any atom is 0.277 e. The third-order valence-corrected chi connectivity index (χ3v) is 4.83. The molecule has 0 aliphatic rings. The number of carbonyl (C=O) groups is 1. The summed E-state index contributed by atoms with van der Waals surface area (Å²) >= 11 is 1.19. The minimum atomic E-state index is -0.126. The Morgan fingerprint density at radius 1 is 1.07 bits per heavy atom. The third kappa shape index (κ3) is 5.34. The Balaban J connectivity index is 1.48. The predicted octanol–water partition coefficient (Wildman–Crippen LogP) is 4.30. The molecule has 7 heteroatoms. The Bertz CT molecular complexity index is 940. The van der Waals surface area contributed by atoms with Crippen molar-refractivity contribution in [2.75, 3.05) is 11.1 Å². The number of anilines is 1. The third-order valence-electron chi connectivity index (χ3n) is 4.01. The molecule has 6 nitrogen and oxygen atoms in total. The standard InChI is InChI=1S/C20H21N3O3S/c1-13-8-9-16(10-15(13)3)21-18(24)12-27-20-23-22-19(26-20)11-25-17-7-5-4-6-14(17)2/h4-10H,11-12H2,1-3H3,(H,21,24). The molecule has 0 saturated carbocycles. The molecule has 1 amide bonds. The Morgan fingerprint density at radius 3 is 2.67 bits per heavy atom. The molecule has 3 rings (SSSR count). The van der Waals surface area contributed by atoms with Crippen molar-refractivity contribution in [2.24, 2.45) is 0 Å². The molecule has 1 aromatic heterocycles. The quantitative estimate of drug-likeness (QED) is 0.613. The summed E-state index contributed by atoms with van der Waals surface area (Å²) in [4.78, 5) is 12.1. The van der Waals surface area contributed by atoms with Crippen LogP contribution in [0, 0.1) is 20.8 Å². The van der Waals surface area contributed by atoms with Gasteiger partial charge < -0.3 is 14.5 Å². The van der Waals surface area contributed by atoms with Crippen LogP contribution in [0.15, 0.2) is 52.1 Å². The Hall–Kier alpha value is -2.80. The smallest absolute Gasteiger partial charge is 0.277 e. The van der Waals surface area contributed by atoms with Crippen LogP contribution in [-0.2, 0) is 11.4 Å². The summed E-state index contributed by atoms with van der Waals surface area (Å²) in [5.41, 5.74) is 4.14. The number of rotatable bonds is 7. The molecule has 0 bridgehead atoms. The first kappa shape index (κ1) is 19.0. The lowest BCUT2D eigenvalue weighted by molar-refractivity contribution is -0.113. The number of hydrogen-bond acceptors (Lipinski definition) is 6. The van der Waals surface area contributed by atoms with Crippen molar-refractivity contribution < 1.29 is 13.9 Å². The number of para-hydroxylation sites is 1. The van der Waals surface area contributed by atoms with Crippen LogP contribution in [0.1, 0.15) is 22.6 Å². The fraction of sp³-hybridized carbons (Fsp3) is 0.250. The Labute approximate surface area is 162 Å². The fourth-order valence-corrected chi connectivity index (χ4v) is 2.94. The van der Waals surface area contributed by atoms with Gasteiger partial charge in [0.1, 0.15) is 5.75 Å². The molecule has 1 N–H and O–H groups in total. The molecular formula is C20H21N3O3S. The molecule has 0 atom stereocenters. The summed E-state index contributed by atoms with van der Waals surface area (Å²) < 4.78 is 11.2. The predicted molar refractivity (Wildman–Crippen MR) is 105 cm³/mol. The minimum absolute atomic E-state index is 0.126. The van der Waals surface area contributed by atoms with Crippen LogP contribution in [0.3, 0.4) is 0 Å². The zero-order valence-electron chi connectivity index (χ0n) is 15.5. The highest BCUT2D eigenvalue weighted by Gasteiger charge is 2.11. The number of aromatic nitrogens is 2. The van der Waals surface area contributed by atoms with Gasteiger partial charge in [-0.05, 0) is 55.7 Å². The van der Waals surface area contributed by atoms with Crippen molar-refractivity contribution in [2.45, 2.75) is 32.6 Å². The number of nitrogens with zero attached hydrogens (tertiary/aromatic N) is 2. The monoisotopic (exact) mass is 383 g/mol. The van der Waals surface area contributed by atoms with E-state index in [2.05, 4.69) is 15.5 Å². The van der Waals surface area contributed by atoms with Gasteiger partial charge in [-0.2, -0.15) is 0 Å². The molecular weight excluding hydrogens is 362 g/mol. The van der Waals surface area contributed by atoms with Gasteiger partial charge in [-0.25, -0.2) is 0 Å². The van der Waals surface area contributed by atoms with Crippen LogP contribution < -0.4 is 10.1 Å². The molecule has 3 aromatic rings. The molecule has 0 spiro atoms. The van der Waals surface area contributed by atoms with Gasteiger partial charge in [-0.15, -0.1) is 10.2 Å². The molecule has 0 radical (unpaired) electrons. The second-order valence-corrected chi connectivity index (χ2v) is 7.08. The van der Waals surface area contributed by atoms with Crippen LogP contribution in [0.5, 0.6) is 5.75 Å². The summed E-state index contributed by atoms with van der Waals surface area (Å²) in [6.45, 7) is 6.21. The van der Waals surface area contributed by atoms with E-state index in [9.17, 15) is 4.79 Å². The molecule has 0 aliphatic heterocycles. The minimum Gasteiger partial charge on any atom is -0.484 e. The molecule has 0 aliphatic carbocycles. The molecule has 0 saturated heterocycles. The molecule has 2 aromatic carbocycles. The average molecular weight is 383 g/mol. The summed E-state index contributed by atoms with van der Waals surface area (Å²) in [6.07, 6.45) is 0. The van der Waals surface area contributed by atoms with Gasteiger partial charge in [-0.1, -0.05) is 36.0 Å². The maximum absolute atomic E-state index is 12.1. The number of hydrogen-bond donors (Lipinski definition) is 1. The topological polar surface area (TPSA) is 77.2 Å². The van der Waals surface area contributed by atoms with E-state index >= 15 is 0 Å². The number of carbonyl (C=O) groups excluding carboxylic acids is 1. The molecule has 0 unspecified atom stereocenters.